The molecule has 1 rings (SSSR count). The Balaban J connectivity index is 2.84. The molecule has 0 amide bonds. The van der Waals surface area contributed by atoms with Crippen molar-refractivity contribution < 1.29 is 23.8 Å². The van der Waals surface area contributed by atoms with Gasteiger partial charge in [-0.2, -0.15) is 0 Å². The van der Waals surface area contributed by atoms with Gasteiger partial charge in [-0.3, -0.25) is 4.79 Å². The van der Waals surface area contributed by atoms with Gasteiger partial charge in [0.05, 0.1) is 18.6 Å². The van der Waals surface area contributed by atoms with Gasteiger partial charge in [0.25, 0.3) is 0 Å². The highest BCUT2D eigenvalue weighted by Crippen LogP contribution is 2.26. The third kappa shape index (κ3) is 4.55. The molecule has 1 aromatic carbocycles. The van der Waals surface area contributed by atoms with Gasteiger partial charge in [-0.15, -0.1) is 11.8 Å². The monoisotopic (exact) mass is 286 g/mol. The Morgan fingerprint density at radius 2 is 2.11 bits per heavy atom. The van der Waals surface area contributed by atoms with E-state index in [0.717, 1.165) is 17.8 Å². The van der Waals surface area contributed by atoms with E-state index < -0.39 is 17.8 Å². The first kappa shape index (κ1) is 15.5. The van der Waals surface area contributed by atoms with Crippen LogP contribution in [-0.2, 0) is 9.53 Å². The maximum absolute atomic E-state index is 13.8. The van der Waals surface area contributed by atoms with Crippen molar-refractivity contribution >= 4 is 23.7 Å². The van der Waals surface area contributed by atoms with Gasteiger partial charge in [0, 0.05) is 10.6 Å². The quantitative estimate of drug-likeness (QED) is 0.643. The first-order valence-electron chi connectivity index (χ1n) is 5.77. The summed E-state index contributed by atoms with van der Waals surface area (Å²) >= 11 is 1.12. The number of aryl methyl sites for hydroxylation is 1. The molecule has 0 aliphatic heterocycles. The van der Waals surface area contributed by atoms with E-state index in [2.05, 4.69) is 0 Å². The van der Waals surface area contributed by atoms with Crippen LogP contribution in [0.15, 0.2) is 17.0 Å². The summed E-state index contributed by atoms with van der Waals surface area (Å²) in [7, 11) is 0. The number of benzene rings is 1. The molecule has 19 heavy (non-hydrogen) atoms. The van der Waals surface area contributed by atoms with Crippen molar-refractivity contribution in [2.75, 3.05) is 12.4 Å². The molecule has 0 spiro atoms. The molecule has 0 aromatic heterocycles. The average molecular weight is 286 g/mol. The molecule has 1 aromatic rings. The van der Waals surface area contributed by atoms with Crippen LogP contribution in [0.5, 0.6) is 0 Å². The number of hydrogen-bond acceptors (Lipinski definition) is 4. The Morgan fingerprint density at radius 3 is 2.68 bits per heavy atom. The number of esters is 1. The lowest BCUT2D eigenvalue weighted by molar-refractivity contribution is -0.136. The number of aliphatic carboxylic acids is 1. The maximum atomic E-state index is 13.8. The van der Waals surface area contributed by atoms with Gasteiger partial charge >= 0.3 is 11.9 Å². The molecule has 0 fully saturated rings. The van der Waals surface area contributed by atoms with Crippen molar-refractivity contribution in [2.24, 2.45) is 0 Å². The first-order chi connectivity index (χ1) is 8.95. The van der Waals surface area contributed by atoms with Crippen LogP contribution >= 0.6 is 11.8 Å². The summed E-state index contributed by atoms with van der Waals surface area (Å²) in [6.07, 6.45) is -0.0389. The summed E-state index contributed by atoms with van der Waals surface area (Å²) < 4.78 is 18.6. The third-order valence-electron chi connectivity index (χ3n) is 2.35. The van der Waals surface area contributed by atoms with Crippen LogP contribution in [-0.4, -0.2) is 29.4 Å². The Hall–Kier alpha value is -1.56. The van der Waals surface area contributed by atoms with Crippen LogP contribution in [0.3, 0.4) is 0 Å². The summed E-state index contributed by atoms with van der Waals surface area (Å²) in [5, 5.41) is 8.52. The number of carbonyl (C=O) groups excluding carboxylic acids is 1. The zero-order valence-electron chi connectivity index (χ0n) is 10.7. The standard InChI is InChI=1S/C13H15FO4S/c1-3-18-13(17)9-7-10(14)11(6-8(9)2)19-5-4-12(15)16/h6-7H,3-5H2,1-2H3,(H,15,16). The lowest BCUT2D eigenvalue weighted by Crippen LogP contribution is -2.07. The molecular formula is C13H15FO4S. The zero-order chi connectivity index (χ0) is 14.4. The largest absolute Gasteiger partial charge is 0.481 e. The van der Waals surface area contributed by atoms with E-state index in [1.54, 1.807) is 13.8 Å². The summed E-state index contributed by atoms with van der Waals surface area (Å²) in [5.41, 5.74) is 0.805. The van der Waals surface area contributed by atoms with E-state index in [-0.39, 0.29) is 24.3 Å². The second-order valence-corrected chi connectivity index (χ2v) is 4.95. The van der Waals surface area contributed by atoms with Gasteiger partial charge in [0.2, 0.25) is 0 Å². The molecule has 0 bridgehead atoms. The molecule has 0 heterocycles. The van der Waals surface area contributed by atoms with Crippen molar-refractivity contribution in [3.8, 4) is 0 Å². The summed E-state index contributed by atoms with van der Waals surface area (Å²) in [6, 6.07) is 2.67. The van der Waals surface area contributed by atoms with Crippen molar-refractivity contribution in [1.82, 2.24) is 0 Å². The fourth-order valence-corrected chi connectivity index (χ4v) is 2.40. The maximum Gasteiger partial charge on any atom is 0.338 e. The molecule has 104 valence electrons. The number of hydrogen-bond donors (Lipinski definition) is 1. The second-order valence-electron chi connectivity index (χ2n) is 3.81. The van der Waals surface area contributed by atoms with Gasteiger partial charge in [0.1, 0.15) is 5.82 Å². The Morgan fingerprint density at radius 1 is 1.42 bits per heavy atom. The van der Waals surface area contributed by atoms with Crippen LogP contribution < -0.4 is 0 Å². The molecule has 0 saturated carbocycles. The van der Waals surface area contributed by atoms with E-state index >= 15 is 0 Å². The van der Waals surface area contributed by atoms with Crippen LogP contribution in [0.25, 0.3) is 0 Å². The third-order valence-corrected chi connectivity index (χ3v) is 3.38. The molecule has 0 radical (unpaired) electrons. The Kier molecular flexibility index (Phi) is 5.82. The lowest BCUT2D eigenvalue weighted by atomic mass is 10.1. The SMILES string of the molecule is CCOC(=O)c1cc(F)c(SCCC(=O)O)cc1C. The Labute approximate surface area is 115 Å². The minimum atomic E-state index is -0.923. The fraction of sp³-hybridized carbons (Fsp3) is 0.385. The number of carboxylic acids is 1. The number of carbonyl (C=O) groups is 2. The molecule has 0 unspecified atom stereocenters. The van der Waals surface area contributed by atoms with Gasteiger partial charge < -0.3 is 9.84 Å². The minimum absolute atomic E-state index is 0.0389. The van der Waals surface area contributed by atoms with Crippen LogP contribution in [0.1, 0.15) is 29.3 Å². The number of carboxylic acid groups (broad SMARTS) is 1. The van der Waals surface area contributed by atoms with E-state index in [9.17, 15) is 14.0 Å². The highest BCUT2D eigenvalue weighted by Gasteiger charge is 2.14. The van der Waals surface area contributed by atoms with Crippen molar-refractivity contribution in [2.45, 2.75) is 25.2 Å². The summed E-state index contributed by atoms with van der Waals surface area (Å²) in [5.74, 6) is -1.73. The average Bonchev–Trinajstić information content (AvgIpc) is 2.32. The zero-order valence-corrected chi connectivity index (χ0v) is 11.6. The minimum Gasteiger partial charge on any atom is -0.481 e. The van der Waals surface area contributed by atoms with Gasteiger partial charge in [0.15, 0.2) is 0 Å². The first-order valence-corrected chi connectivity index (χ1v) is 6.76. The van der Waals surface area contributed by atoms with Gasteiger partial charge in [-0.25, -0.2) is 9.18 Å². The van der Waals surface area contributed by atoms with Crippen LogP contribution in [0.2, 0.25) is 0 Å². The topological polar surface area (TPSA) is 63.6 Å². The molecule has 0 saturated heterocycles. The van der Waals surface area contributed by atoms with Gasteiger partial charge in [-0.05, 0) is 31.5 Å². The van der Waals surface area contributed by atoms with E-state index in [1.165, 1.54) is 6.07 Å². The molecule has 0 aliphatic carbocycles. The van der Waals surface area contributed by atoms with Gasteiger partial charge in [-0.1, -0.05) is 0 Å². The number of thioether (sulfide) groups is 1. The Bertz CT molecular complexity index is 488. The fourth-order valence-electron chi connectivity index (χ4n) is 1.44. The molecular weight excluding hydrogens is 271 g/mol. The van der Waals surface area contributed by atoms with Crippen molar-refractivity contribution in [1.29, 1.82) is 0 Å². The van der Waals surface area contributed by atoms with Crippen molar-refractivity contribution in [3.05, 3.63) is 29.1 Å². The van der Waals surface area contributed by atoms with E-state index in [0.29, 0.717) is 10.5 Å². The van der Waals surface area contributed by atoms with Crippen molar-refractivity contribution in [3.63, 3.8) is 0 Å². The summed E-state index contributed by atoms with van der Waals surface area (Å²) in [4.78, 5) is 22.3. The molecule has 1 N–H and O–H groups in total. The molecule has 6 heteroatoms. The molecule has 0 aliphatic rings. The highest BCUT2D eigenvalue weighted by molar-refractivity contribution is 7.99. The molecule has 0 atom stereocenters. The lowest BCUT2D eigenvalue weighted by Gasteiger charge is -2.09. The highest BCUT2D eigenvalue weighted by atomic mass is 32.2. The van der Waals surface area contributed by atoms with E-state index in [1.807, 2.05) is 0 Å². The normalized spacial score (nSPS) is 10.3. The van der Waals surface area contributed by atoms with Crippen LogP contribution in [0.4, 0.5) is 4.39 Å². The van der Waals surface area contributed by atoms with Crippen LogP contribution in [0, 0.1) is 12.7 Å². The second kappa shape index (κ2) is 7.13. The summed E-state index contributed by atoms with van der Waals surface area (Å²) in [6.45, 7) is 3.60. The molecule has 4 nitrogen and oxygen atoms in total. The number of rotatable bonds is 6. The van der Waals surface area contributed by atoms with E-state index in [4.69, 9.17) is 9.84 Å². The predicted molar refractivity (Wildman–Crippen MR) is 70.1 cm³/mol. The predicted octanol–water partition coefficient (Wildman–Crippen LogP) is 2.88. The number of halogens is 1. The smallest absolute Gasteiger partial charge is 0.338 e. The number of ether oxygens (including phenoxy) is 1.